The first-order valence-electron chi connectivity index (χ1n) is 6.42. The fraction of sp³-hybridized carbons (Fsp3) is 0.533. The Hall–Kier alpha value is -0.850. The third-order valence-corrected chi connectivity index (χ3v) is 4.03. The smallest absolute Gasteiger partial charge is 0.0697 e. The molecular formula is C15H19BrN2. The zero-order valence-electron chi connectivity index (χ0n) is 11.0. The minimum absolute atomic E-state index is 0.278. The Morgan fingerprint density at radius 1 is 1.44 bits per heavy atom. The predicted molar refractivity (Wildman–Crippen MR) is 77.4 cm³/mol. The van der Waals surface area contributed by atoms with Crippen LogP contribution in [0.1, 0.15) is 31.4 Å². The maximum atomic E-state index is 9.02. The molecule has 1 aliphatic rings. The maximum Gasteiger partial charge on any atom is 0.0697 e. The Balaban J connectivity index is 1.96. The number of nitriles is 1. The average molecular weight is 307 g/mol. The molecule has 1 atom stereocenters. The van der Waals surface area contributed by atoms with Gasteiger partial charge in [-0.15, -0.1) is 0 Å². The normalized spacial score (nSPS) is 19.1. The summed E-state index contributed by atoms with van der Waals surface area (Å²) in [6.45, 7) is 4.72. The number of nitrogens with one attached hydrogen (secondary N) is 1. The van der Waals surface area contributed by atoms with Crippen molar-refractivity contribution in [1.29, 1.82) is 5.26 Å². The summed E-state index contributed by atoms with van der Waals surface area (Å²) in [6.07, 6.45) is 3.36. The van der Waals surface area contributed by atoms with Gasteiger partial charge >= 0.3 is 0 Å². The van der Waals surface area contributed by atoms with Crippen molar-refractivity contribution in [2.75, 3.05) is 6.54 Å². The van der Waals surface area contributed by atoms with Gasteiger partial charge in [-0.3, -0.25) is 0 Å². The number of benzene rings is 1. The quantitative estimate of drug-likeness (QED) is 0.928. The Bertz CT molecular complexity index is 474. The van der Waals surface area contributed by atoms with E-state index in [0.29, 0.717) is 6.04 Å². The number of halogens is 1. The Kier molecular flexibility index (Phi) is 4.09. The van der Waals surface area contributed by atoms with Gasteiger partial charge < -0.3 is 5.32 Å². The van der Waals surface area contributed by atoms with Gasteiger partial charge in [0.15, 0.2) is 0 Å². The second-order valence-electron chi connectivity index (χ2n) is 5.73. The van der Waals surface area contributed by atoms with Gasteiger partial charge in [0.1, 0.15) is 0 Å². The minimum Gasteiger partial charge on any atom is -0.312 e. The zero-order valence-corrected chi connectivity index (χ0v) is 12.5. The highest BCUT2D eigenvalue weighted by molar-refractivity contribution is 9.10. The third kappa shape index (κ3) is 3.34. The molecule has 1 aliphatic carbocycles. The van der Waals surface area contributed by atoms with Crippen molar-refractivity contribution in [3.05, 3.63) is 33.8 Å². The van der Waals surface area contributed by atoms with Gasteiger partial charge in [0.05, 0.1) is 11.5 Å². The number of hydrogen-bond donors (Lipinski definition) is 1. The molecule has 0 aromatic heterocycles. The molecule has 0 heterocycles. The molecular weight excluding hydrogens is 288 g/mol. The number of hydrogen-bond acceptors (Lipinski definition) is 2. The van der Waals surface area contributed by atoms with Crippen LogP contribution in [-0.2, 0) is 12.8 Å². The average Bonchev–Trinajstić information content (AvgIpc) is 2.36. The number of aryl methyl sites for hydroxylation is 1. The van der Waals surface area contributed by atoms with Crippen LogP contribution in [0, 0.1) is 16.7 Å². The van der Waals surface area contributed by atoms with Crippen molar-refractivity contribution in [3.63, 3.8) is 0 Å². The molecule has 3 heteroatoms. The van der Waals surface area contributed by atoms with E-state index in [9.17, 15) is 0 Å². The van der Waals surface area contributed by atoms with Gasteiger partial charge in [-0.25, -0.2) is 0 Å². The van der Waals surface area contributed by atoms with Crippen molar-refractivity contribution in [1.82, 2.24) is 5.32 Å². The summed E-state index contributed by atoms with van der Waals surface area (Å²) < 4.78 is 1.17. The Labute approximate surface area is 118 Å². The van der Waals surface area contributed by atoms with Crippen molar-refractivity contribution in [2.45, 2.75) is 39.2 Å². The van der Waals surface area contributed by atoms with Gasteiger partial charge in [0.2, 0.25) is 0 Å². The van der Waals surface area contributed by atoms with Gasteiger partial charge in [0, 0.05) is 17.1 Å². The number of nitrogens with zero attached hydrogens (tertiary/aromatic N) is 1. The van der Waals surface area contributed by atoms with Crippen LogP contribution < -0.4 is 5.32 Å². The number of rotatable bonds is 3. The van der Waals surface area contributed by atoms with E-state index in [2.05, 4.69) is 45.5 Å². The van der Waals surface area contributed by atoms with Gasteiger partial charge in [-0.05, 0) is 56.4 Å². The van der Waals surface area contributed by atoms with E-state index in [4.69, 9.17) is 5.26 Å². The molecule has 1 aromatic rings. The SMILES string of the molecule is CC(C)(C#N)CNC1CCc2cc(Br)ccc2C1. The molecule has 0 saturated heterocycles. The van der Waals surface area contributed by atoms with E-state index in [-0.39, 0.29) is 5.41 Å². The molecule has 0 aliphatic heterocycles. The highest BCUT2D eigenvalue weighted by Gasteiger charge is 2.22. The van der Waals surface area contributed by atoms with Crippen LogP contribution >= 0.6 is 15.9 Å². The van der Waals surface area contributed by atoms with E-state index in [0.717, 1.165) is 25.8 Å². The largest absolute Gasteiger partial charge is 0.312 e. The Morgan fingerprint density at radius 3 is 2.94 bits per heavy atom. The maximum absolute atomic E-state index is 9.02. The number of fused-ring (bicyclic) bond motifs is 1. The van der Waals surface area contributed by atoms with Crippen LogP contribution in [0.2, 0.25) is 0 Å². The standard InChI is InChI=1S/C15H19BrN2/c1-15(2,9-17)10-18-14-6-4-11-7-13(16)5-3-12(11)8-14/h3,5,7,14,18H,4,6,8,10H2,1-2H3. The van der Waals surface area contributed by atoms with E-state index < -0.39 is 0 Å². The van der Waals surface area contributed by atoms with Crippen LogP contribution in [-0.4, -0.2) is 12.6 Å². The van der Waals surface area contributed by atoms with Crippen molar-refractivity contribution in [2.24, 2.45) is 5.41 Å². The van der Waals surface area contributed by atoms with Gasteiger partial charge in [-0.2, -0.15) is 5.26 Å². The van der Waals surface area contributed by atoms with Crippen molar-refractivity contribution < 1.29 is 0 Å². The lowest BCUT2D eigenvalue weighted by atomic mass is 9.87. The molecule has 0 saturated carbocycles. The molecule has 0 bridgehead atoms. The van der Waals surface area contributed by atoms with Crippen LogP contribution in [0.5, 0.6) is 0 Å². The van der Waals surface area contributed by atoms with Gasteiger partial charge in [-0.1, -0.05) is 22.0 Å². The minimum atomic E-state index is -0.278. The molecule has 0 radical (unpaired) electrons. The molecule has 18 heavy (non-hydrogen) atoms. The molecule has 0 spiro atoms. The lowest BCUT2D eigenvalue weighted by Crippen LogP contribution is -2.39. The fourth-order valence-corrected chi connectivity index (χ4v) is 2.75. The molecule has 2 nitrogen and oxygen atoms in total. The van der Waals surface area contributed by atoms with Crippen LogP contribution in [0.25, 0.3) is 0 Å². The molecule has 0 amide bonds. The first kappa shape index (κ1) is 13.6. The Morgan fingerprint density at radius 2 is 2.22 bits per heavy atom. The van der Waals surface area contributed by atoms with E-state index in [1.165, 1.54) is 15.6 Å². The summed E-state index contributed by atoms with van der Waals surface area (Å²) >= 11 is 3.52. The molecule has 2 rings (SSSR count). The lowest BCUT2D eigenvalue weighted by molar-refractivity contribution is 0.377. The highest BCUT2D eigenvalue weighted by atomic mass is 79.9. The third-order valence-electron chi connectivity index (χ3n) is 3.53. The summed E-state index contributed by atoms with van der Waals surface area (Å²) in [5.41, 5.74) is 2.62. The first-order valence-corrected chi connectivity index (χ1v) is 7.21. The summed E-state index contributed by atoms with van der Waals surface area (Å²) in [4.78, 5) is 0. The van der Waals surface area contributed by atoms with E-state index in [1.807, 2.05) is 13.8 Å². The first-order chi connectivity index (χ1) is 8.50. The molecule has 1 N–H and O–H groups in total. The molecule has 0 fully saturated rings. The zero-order chi connectivity index (χ0) is 13.2. The fourth-order valence-electron chi connectivity index (χ4n) is 2.34. The lowest BCUT2D eigenvalue weighted by Gasteiger charge is -2.28. The van der Waals surface area contributed by atoms with E-state index >= 15 is 0 Å². The second kappa shape index (κ2) is 5.42. The predicted octanol–water partition coefficient (Wildman–Crippen LogP) is 3.45. The van der Waals surface area contributed by atoms with Gasteiger partial charge in [0.25, 0.3) is 0 Å². The van der Waals surface area contributed by atoms with Crippen LogP contribution in [0.4, 0.5) is 0 Å². The topological polar surface area (TPSA) is 35.8 Å². The van der Waals surface area contributed by atoms with Crippen molar-refractivity contribution >= 4 is 15.9 Å². The summed E-state index contributed by atoms with van der Waals surface area (Å²) in [5.74, 6) is 0. The van der Waals surface area contributed by atoms with Crippen LogP contribution in [0.3, 0.4) is 0 Å². The van der Waals surface area contributed by atoms with E-state index in [1.54, 1.807) is 0 Å². The van der Waals surface area contributed by atoms with Crippen LogP contribution in [0.15, 0.2) is 22.7 Å². The summed E-state index contributed by atoms with van der Waals surface area (Å²) in [7, 11) is 0. The van der Waals surface area contributed by atoms with Crippen molar-refractivity contribution in [3.8, 4) is 6.07 Å². The highest BCUT2D eigenvalue weighted by Crippen LogP contribution is 2.25. The second-order valence-corrected chi connectivity index (χ2v) is 6.65. The molecule has 1 unspecified atom stereocenters. The molecule has 1 aromatic carbocycles. The summed E-state index contributed by atoms with van der Waals surface area (Å²) in [6, 6.07) is 9.39. The monoisotopic (exact) mass is 306 g/mol. The summed E-state index contributed by atoms with van der Waals surface area (Å²) in [5, 5.41) is 12.6. The molecule has 96 valence electrons.